The van der Waals surface area contributed by atoms with Gasteiger partial charge in [0.15, 0.2) is 0 Å². The van der Waals surface area contributed by atoms with Gasteiger partial charge in [0.05, 0.1) is 5.41 Å². The Morgan fingerprint density at radius 1 is 1.36 bits per heavy atom. The molecule has 0 spiro atoms. The third kappa shape index (κ3) is 4.00. The van der Waals surface area contributed by atoms with Crippen LogP contribution in [0, 0.1) is 5.41 Å². The van der Waals surface area contributed by atoms with Gasteiger partial charge >= 0.3 is 0 Å². The van der Waals surface area contributed by atoms with Crippen LogP contribution in [0.3, 0.4) is 0 Å². The number of anilines is 2. The quantitative estimate of drug-likeness (QED) is 0.784. The molecule has 2 heterocycles. The molecule has 6 nitrogen and oxygen atoms in total. The molecule has 2 N–H and O–H groups in total. The summed E-state index contributed by atoms with van der Waals surface area (Å²) < 4.78 is 0. The lowest BCUT2D eigenvalue weighted by molar-refractivity contribution is -0.131. The summed E-state index contributed by atoms with van der Waals surface area (Å²) in [6.07, 6.45) is 7.65. The van der Waals surface area contributed by atoms with E-state index in [4.69, 9.17) is 11.6 Å². The second-order valence-electron chi connectivity index (χ2n) is 7.24. The molecule has 1 atom stereocenters. The molecule has 1 saturated carbocycles. The Kier molecular flexibility index (Phi) is 5.67. The smallest absolute Gasteiger partial charge is 0.228 e. The van der Waals surface area contributed by atoms with Gasteiger partial charge in [-0.1, -0.05) is 37.8 Å². The van der Waals surface area contributed by atoms with E-state index >= 15 is 0 Å². The zero-order valence-corrected chi connectivity index (χ0v) is 15.9. The monoisotopic (exact) mass is 365 g/mol. The summed E-state index contributed by atoms with van der Waals surface area (Å²) in [5.74, 6) is 1.49. The SMILES string of the molecule is CC[C@@]1(C(=O)NC2CCCCC2)CCN(c2cc(Cl)nc(NC)n2)C1. The summed E-state index contributed by atoms with van der Waals surface area (Å²) in [6, 6.07) is 2.12. The predicted molar refractivity (Wildman–Crippen MR) is 101 cm³/mol. The summed E-state index contributed by atoms with van der Waals surface area (Å²) in [5, 5.41) is 6.66. The Hall–Kier alpha value is -1.56. The molecule has 1 aliphatic heterocycles. The molecule has 2 aliphatic rings. The van der Waals surface area contributed by atoms with Crippen LogP contribution in [0.25, 0.3) is 0 Å². The zero-order valence-electron chi connectivity index (χ0n) is 15.1. The van der Waals surface area contributed by atoms with Crippen molar-refractivity contribution in [3.05, 3.63) is 11.2 Å². The van der Waals surface area contributed by atoms with Crippen molar-refractivity contribution in [3.8, 4) is 0 Å². The van der Waals surface area contributed by atoms with E-state index in [1.165, 1.54) is 19.3 Å². The number of aromatic nitrogens is 2. The Bertz CT molecular complexity index is 619. The van der Waals surface area contributed by atoms with Crippen molar-refractivity contribution < 1.29 is 4.79 Å². The van der Waals surface area contributed by atoms with Crippen LogP contribution < -0.4 is 15.5 Å². The fourth-order valence-electron chi connectivity index (χ4n) is 3.97. The second-order valence-corrected chi connectivity index (χ2v) is 7.62. The second kappa shape index (κ2) is 7.77. The summed E-state index contributed by atoms with van der Waals surface area (Å²) in [4.78, 5) is 23.8. The van der Waals surface area contributed by atoms with E-state index < -0.39 is 0 Å². The number of hydrogen-bond acceptors (Lipinski definition) is 5. The highest BCUT2D eigenvalue weighted by molar-refractivity contribution is 6.29. The normalized spacial score (nSPS) is 24.4. The maximum Gasteiger partial charge on any atom is 0.228 e. The summed E-state index contributed by atoms with van der Waals surface area (Å²) in [6.45, 7) is 3.59. The van der Waals surface area contributed by atoms with Crippen molar-refractivity contribution in [1.29, 1.82) is 0 Å². The molecule has 0 bridgehead atoms. The molecule has 7 heteroatoms. The van der Waals surface area contributed by atoms with E-state index in [-0.39, 0.29) is 11.3 Å². The first-order chi connectivity index (χ1) is 12.1. The van der Waals surface area contributed by atoms with Crippen LogP contribution in [0.2, 0.25) is 5.15 Å². The van der Waals surface area contributed by atoms with Gasteiger partial charge in [-0.25, -0.2) is 4.98 Å². The van der Waals surface area contributed by atoms with Crippen LogP contribution in [-0.2, 0) is 4.79 Å². The minimum Gasteiger partial charge on any atom is -0.357 e. The van der Waals surface area contributed by atoms with Crippen molar-refractivity contribution in [1.82, 2.24) is 15.3 Å². The summed E-state index contributed by atoms with van der Waals surface area (Å²) in [7, 11) is 1.77. The first-order valence-corrected chi connectivity index (χ1v) is 9.72. The molecule has 1 aliphatic carbocycles. The molecule has 3 rings (SSSR count). The minimum atomic E-state index is -0.339. The van der Waals surface area contributed by atoms with E-state index in [1.54, 1.807) is 13.1 Å². The van der Waals surface area contributed by atoms with Gasteiger partial charge in [-0.15, -0.1) is 0 Å². The molecule has 1 aromatic heterocycles. The highest BCUT2D eigenvalue weighted by Gasteiger charge is 2.44. The van der Waals surface area contributed by atoms with Gasteiger partial charge in [-0.3, -0.25) is 4.79 Å². The number of carbonyl (C=O) groups is 1. The Balaban J connectivity index is 1.71. The highest BCUT2D eigenvalue weighted by Crippen LogP contribution is 2.37. The minimum absolute atomic E-state index is 0.207. The van der Waals surface area contributed by atoms with Crippen molar-refractivity contribution in [3.63, 3.8) is 0 Å². The van der Waals surface area contributed by atoms with Gasteiger partial charge in [0.2, 0.25) is 11.9 Å². The lowest BCUT2D eigenvalue weighted by Gasteiger charge is -2.31. The van der Waals surface area contributed by atoms with Gasteiger partial charge in [0, 0.05) is 32.2 Å². The average Bonchev–Trinajstić information content (AvgIpc) is 3.08. The predicted octanol–water partition coefficient (Wildman–Crippen LogP) is 3.23. The topological polar surface area (TPSA) is 70.2 Å². The number of halogens is 1. The van der Waals surface area contributed by atoms with Gasteiger partial charge in [-0.05, 0) is 25.7 Å². The van der Waals surface area contributed by atoms with E-state index in [2.05, 4.69) is 32.4 Å². The third-order valence-electron chi connectivity index (χ3n) is 5.68. The van der Waals surface area contributed by atoms with Crippen LogP contribution in [0.5, 0.6) is 0 Å². The first-order valence-electron chi connectivity index (χ1n) is 9.34. The van der Waals surface area contributed by atoms with Crippen LogP contribution in [0.4, 0.5) is 11.8 Å². The van der Waals surface area contributed by atoms with Crippen molar-refractivity contribution in [2.24, 2.45) is 5.41 Å². The van der Waals surface area contributed by atoms with Crippen LogP contribution in [0.1, 0.15) is 51.9 Å². The fraction of sp³-hybridized carbons (Fsp3) is 0.722. The number of amides is 1. The van der Waals surface area contributed by atoms with Crippen molar-refractivity contribution in [2.75, 3.05) is 30.4 Å². The molecule has 0 unspecified atom stereocenters. The van der Waals surface area contributed by atoms with Crippen LogP contribution >= 0.6 is 11.6 Å². The maximum atomic E-state index is 13.0. The van der Waals surface area contributed by atoms with Crippen LogP contribution in [0.15, 0.2) is 6.07 Å². The number of nitrogens with zero attached hydrogens (tertiary/aromatic N) is 3. The van der Waals surface area contributed by atoms with Gasteiger partial charge in [-0.2, -0.15) is 4.98 Å². The highest BCUT2D eigenvalue weighted by atomic mass is 35.5. The van der Waals surface area contributed by atoms with E-state index in [0.29, 0.717) is 23.7 Å². The molecule has 25 heavy (non-hydrogen) atoms. The molecule has 2 fully saturated rings. The lowest BCUT2D eigenvalue weighted by atomic mass is 9.82. The number of hydrogen-bond donors (Lipinski definition) is 2. The van der Waals surface area contributed by atoms with Gasteiger partial charge in [0.25, 0.3) is 0 Å². The van der Waals surface area contributed by atoms with Gasteiger partial charge in [0.1, 0.15) is 11.0 Å². The van der Waals surface area contributed by atoms with E-state index in [9.17, 15) is 4.79 Å². The van der Waals surface area contributed by atoms with E-state index in [1.807, 2.05) is 0 Å². The van der Waals surface area contributed by atoms with Crippen LogP contribution in [-0.4, -0.2) is 42.1 Å². The zero-order chi connectivity index (χ0) is 17.9. The molecular weight excluding hydrogens is 338 g/mol. The Morgan fingerprint density at radius 3 is 2.80 bits per heavy atom. The average molecular weight is 366 g/mol. The van der Waals surface area contributed by atoms with Crippen molar-refractivity contribution >= 4 is 29.3 Å². The lowest BCUT2D eigenvalue weighted by Crippen LogP contribution is -2.47. The fourth-order valence-corrected chi connectivity index (χ4v) is 4.15. The Morgan fingerprint density at radius 2 is 2.12 bits per heavy atom. The van der Waals surface area contributed by atoms with E-state index in [0.717, 1.165) is 38.0 Å². The standard InChI is InChI=1S/C18H28ClN5O/c1-3-18(16(25)21-13-7-5-4-6-8-13)9-10-24(12-18)15-11-14(19)22-17(20-2)23-15/h11,13H,3-10,12H2,1-2H3,(H,21,25)(H,20,22,23)/t18-/m1/s1. The molecule has 138 valence electrons. The first kappa shape index (κ1) is 18.2. The van der Waals surface area contributed by atoms with Crippen molar-refractivity contribution in [2.45, 2.75) is 57.9 Å². The molecule has 1 saturated heterocycles. The molecule has 1 aromatic rings. The maximum absolute atomic E-state index is 13.0. The number of nitrogens with one attached hydrogen (secondary N) is 2. The Labute approximate surface area is 154 Å². The third-order valence-corrected chi connectivity index (χ3v) is 5.88. The number of carbonyl (C=O) groups excluding carboxylic acids is 1. The molecule has 0 radical (unpaired) electrons. The van der Waals surface area contributed by atoms with Gasteiger partial charge < -0.3 is 15.5 Å². The summed E-state index contributed by atoms with van der Waals surface area (Å²) in [5.41, 5.74) is -0.339. The molecule has 0 aromatic carbocycles. The summed E-state index contributed by atoms with van der Waals surface area (Å²) >= 11 is 6.11. The molecular formula is C18H28ClN5O. The largest absolute Gasteiger partial charge is 0.357 e. The number of rotatable bonds is 5. The molecule has 1 amide bonds.